The molecule has 2 aliphatic rings. The number of nitrogens with two attached hydrogens (primary N) is 1. The Bertz CT molecular complexity index is 612. The van der Waals surface area contributed by atoms with Crippen molar-refractivity contribution in [3.63, 3.8) is 0 Å². The SMILES string of the molecule is COc1cc(N)ccc1N1C[C@@H]2C[C@H]1CN2C(=O)OC(C)(C)C. The predicted molar refractivity (Wildman–Crippen MR) is 89.9 cm³/mol. The van der Waals surface area contributed by atoms with Crippen LogP contribution in [0.1, 0.15) is 27.2 Å². The van der Waals surface area contributed by atoms with E-state index in [1.54, 1.807) is 7.11 Å². The number of likely N-dealkylation sites (tertiary alicyclic amines) is 1. The minimum Gasteiger partial charge on any atom is -0.495 e. The molecule has 1 aromatic carbocycles. The number of methoxy groups -OCH3 is 1. The van der Waals surface area contributed by atoms with Crippen LogP contribution in [0, 0.1) is 0 Å². The van der Waals surface area contributed by atoms with E-state index in [2.05, 4.69) is 4.90 Å². The number of benzene rings is 1. The molecule has 2 fully saturated rings. The van der Waals surface area contributed by atoms with Crippen LogP contribution >= 0.6 is 0 Å². The number of carbonyl (C=O) groups is 1. The first-order chi connectivity index (χ1) is 10.8. The van der Waals surface area contributed by atoms with Crippen LogP contribution in [0.25, 0.3) is 0 Å². The second-order valence-electron chi connectivity index (χ2n) is 7.26. The minimum absolute atomic E-state index is 0.192. The highest BCUT2D eigenvalue weighted by Gasteiger charge is 2.47. The fourth-order valence-electron chi connectivity index (χ4n) is 3.44. The van der Waals surface area contributed by atoms with Crippen LogP contribution in [0.3, 0.4) is 0 Å². The molecule has 6 nitrogen and oxygen atoms in total. The first-order valence-electron chi connectivity index (χ1n) is 7.98. The van der Waals surface area contributed by atoms with Gasteiger partial charge in [-0.05, 0) is 39.3 Å². The van der Waals surface area contributed by atoms with Crippen LogP contribution in [-0.2, 0) is 4.74 Å². The Morgan fingerprint density at radius 3 is 2.57 bits per heavy atom. The van der Waals surface area contributed by atoms with Gasteiger partial charge < -0.3 is 25.0 Å². The lowest BCUT2D eigenvalue weighted by molar-refractivity contribution is 0.0214. The molecule has 2 aliphatic heterocycles. The minimum atomic E-state index is -0.460. The number of nitrogen functional groups attached to an aromatic ring is 1. The zero-order chi connectivity index (χ0) is 16.8. The summed E-state index contributed by atoms with van der Waals surface area (Å²) in [6, 6.07) is 6.21. The van der Waals surface area contributed by atoms with Crippen molar-refractivity contribution in [1.82, 2.24) is 4.90 Å². The van der Waals surface area contributed by atoms with E-state index in [1.807, 2.05) is 43.9 Å². The van der Waals surface area contributed by atoms with Crippen molar-refractivity contribution in [2.45, 2.75) is 44.9 Å². The molecule has 0 spiro atoms. The molecule has 2 atom stereocenters. The van der Waals surface area contributed by atoms with Gasteiger partial charge in [0.25, 0.3) is 0 Å². The maximum atomic E-state index is 12.3. The Morgan fingerprint density at radius 1 is 1.26 bits per heavy atom. The lowest BCUT2D eigenvalue weighted by atomic mass is 10.2. The van der Waals surface area contributed by atoms with E-state index >= 15 is 0 Å². The fourth-order valence-corrected chi connectivity index (χ4v) is 3.44. The van der Waals surface area contributed by atoms with E-state index < -0.39 is 5.60 Å². The van der Waals surface area contributed by atoms with Crippen molar-refractivity contribution < 1.29 is 14.3 Å². The summed E-state index contributed by atoms with van der Waals surface area (Å²) in [5.41, 5.74) is 7.10. The van der Waals surface area contributed by atoms with Gasteiger partial charge in [-0.2, -0.15) is 0 Å². The lowest BCUT2D eigenvalue weighted by Crippen LogP contribution is -2.50. The number of nitrogens with zero attached hydrogens (tertiary/aromatic N) is 2. The van der Waals surface area contributed by atoms with E-state index in [0.717, 1.165) is 24.4 Å². The molecule has 0 aromatic heterocycles. The number of hydrogen-bond donors (Lipinski definition) is 1. The molecule has 0 radical (unpaired) electrons. The van der Waals surface area contributed by atoms with Gasteiger partial charge in [-0.25, -0.2) is 4.79 Å². The molecule has 0 saturated carbocycles. The van der Waals surface area contributed by atoms with Gasteiger partial charge in [0.1, 0.15) is 11.4 Å². The first-order valence-corrected chi connectivity index (χ1v) is 7.98. The second kappa shape index (κ2) is 5.51. The average Bonchev–Trinajstić information content (AvgIpc) is 3.05. The largest absolute Gasteiger partial charge is 0.495 e. The summed E-state index contributed by atoms with van der Waals surface area (Å²) in [6.07, 6.45) is 0.751. The molecule has 1 amide bonds. The number of anilines is 2. The monoisotopic (exact) mass is 319 g/mol. The summed E-state index contributed by atoms with van der Waals surface area (Å²) in [6.45, 7) is 7.16. The number of ether oxygens (including phenoxy) is 2. The number of carbonyl (C=O) groups excluding carboxylic acids is 1. The Morgan fingerprint density at radius 2 is 2.00 bits per heavy atom. The maximum Gasteiger partial charge on any atom is 0.410 e. The van der Waals surface area contributed by atoms with E-state index in [9.17, 15) is 4.79 Å². The van der Waals surface area contributed by atoms with Crippen LogP contribution in [0.2, 0.25) is 0 Å². The topological polar surface area (TPSA) is 68.0 Å². The number of fused-ring (bicyclic) bond motifs is 2. The van der Waals surface area contributed by atoms with E-state index in [-0.39, 0.29) is 12.1 Å². The molecule has 6 heteroatoms. The van der Waals surface area contributed by atoms with Gasteiger partial charge in [-0.15, -0.1) is 0 Å². The second-order valence-corrected chi connectivity index (χ2v) is 7.26. The molecular weight excluding hydrogens is 294 g/mol. The van der Waals surface area contributed by atoms with Crippen molar-refractivity contribution in [2.75, 3.05) is 30.8 Å². The maximum absolute atomic E-state index is 12.3. The normalized spacial score (nSPS) is 23.3. The van der Waals surface area contributed by atoms with Crippen LogP contribution in [0.15, 0.2) is 18.2 Å². The van der Waals surface area contributed by atoms with Gasteiger partial charge in [0.2, 0.25) is 0 Å². The molecule has 2 N–H and O–H groups in total. The summed E-state index contributed by atoms with van der Waals surface area (Å²) in [5.74, 6) is 0.779. The number of hydrogen-bond acceptors (Lipinski definition) is 5. The van der Waals surface area contributed by atoms with E-state index in [0.29, 0.717) is 18.3 Å². The zero-order valence-corrected chi connectivity index (χ0v) is 14.2. The Hall–Kier alpha value is -2.11. The van der Waals surface area contributed by atoms with Crippen molar-refractivity contribution in [3.05, 3.63) is 18.2 Å². The third-order valence-corrected chi connectivity index (χ3v) is 4.38. The molecule has 2 saturated heterocycles. The molecule has 1 aromatic rings. The summed E-state index contributed by atoms with van der Waals surface area (Å²) in [7, 11) is 1.65. The third kappa shape index (κ3) is 3.02. The zero-order valence-electron chi connectivity index (χ0n) is 14.2. The number of rotatable bonds is 2. The third-order valence-electron chi connectivity index (χ3n) is 4.38. The van der Waals surface area contributed by atoms with E-state index in [4.69, 9.17) is 15.2 Å². The van der Waals surface area contributed by atoms with Crippen molar-refractivity contribution in [2.24, 2.45) is 0 Å². The highest BCUT2D eigenvalue weighted by molar-refractivity contribution is 5.71. The van der Waals surface area contributed by atoms with Gasteiger partial charge in [0, 0.05) is 30.9 Å². The standard InChI is InChI=1S/C17H25N3O3/c1-17(2,3)23-16(21)20-10-12-8-13(20)9-19(12)14-6-5-11(18)7-15(14)22-4/h5-7,12-13H,8-10,18H2,1-4H3/t12-,13-/m0/s1. The first kappa shape index (κ1) is 15.8. The Labute approximate surface area is 137 Å². The highest BCUT2D eigenvalue weighted by atomic mass is 16.6. The average molecular weight is 319 g/mol. The molecule has 23 heavy (non-hydrogen) atoms. The number of amides is 1. The molecule has 0 aliphatic carbocycles. The molecule has 2 heterocycles. The van der Waals surface area contributed by atoms with Crippen molar-refractivity contribution in [1.29, 1.82) is 0 Å². The molecule has 126 valence electrons. The fraction of sp³-hybridized carbons (Fsp3) is 0.588. The summed E-state index contributed by atoms with van der Waals surface area (Å²) < 4.78 is 11.0. The van der Waals surface area contributed by atoms with Gasteiger partial charge in [0.05, 0.1) is 18.8 Å². The predicted octanol–water partition coefficient (Wildman–Crippen LogP) is 2.48. The Kier molecular flexibility index (Phi) is 3.78. The van der Waals surface area contributed by atoms with E-state index in [1.165, 1.54) is 0 Å². The molecule has 3 rings (SSSR count). The quantitative estimate of drug-likeness (QED) is 0.848. The van der Waals surface area contributed by atoms with Crippen molar-refractivity contribution in [3.8, 4) is 5.75 Å². The van der Waals surface area contributed by atoms with Crippen molar-refractivity contribution >= 4 is 17.5 Å². The Balaban J connectivity index is 1.73. The summed E-state index contributed by atoms with van der Waals surface area (Å²) in [4.78, 5) is 16.5. The summed E-state index contributed by atoms with van der Waals surface area (Å²) >= 11 is 0. The number of piperazine rings is 1. The van der Waals surface area contributed by atoms with Gasteiger partial charge in [-0.1, -0.05) is 0 Å². The van der Waals surface area contributed by atoms with Gasteiger partial charge in [-0.3, -0.25) is 0 Å². The van der Waals surface area contributed by atoms with Crippen LogP contribution in [0.4, 0.5) is 16.2 Å². The highest BCUT2D eigenvalue weighted by Crippen LogP contribution is 2.40. The summed E-state index contributed by atoms with van der Waals surface area (Å²) in [5, 5.41) is 0. The van der Waals surface area contributed by atoms with Crippen LogP contribution in [0.5, 0.6) is 5.75 Å². The van der Waals surface area contributed by atoms with Crippen LogP contribution < -0.4 is 15.4 Å². The van der Waals surface area contributed by atoms with Gasteiger partial charge >= 0.3 is 6.09 Å². The smallest absolute Gasteiger partial charge is 0.410 e. The lowest BCUT2D eigenvalue weighted by Gasteiger charge is -2.36. The molecule has 0 unspecified atom stereocenters. The van der Waals surface area contributed by atoms with Crippen LogP contribution in [-0.4, -0.2) is 48.9 Å². The molecule has 2 bridgehead atoms. The van der Waals surface area contributed by atoms with Gasteiger partial charge in [0.15, 0.2) is 0 Å². The molecular formula is C17H25N3O3.